The molecule has 4 aromatic rings. The number of nitrogens with zero attached hydrogens (tertiary/aromatic N) is 2. The van der Waals surface area contributed by atoms with Crippen LogP contribution in [0.25, 0.3) is 21.1 Å². The van der Waals surface area contributed by atoms with Gasteiger partial charge in [0, 0.05) is 17.5 Å². The molecular formula is C20H16N2O2S. The number of aryl methyl sites for hydroxylation is 1. The second kappa shape index (κ2) is 6.99. The van der Waals surface area contributed by atoms with Crippen molar-refractivity contribution < 1.29 is 9.53 Å². The lowest BCUT2D eigenvalue weighted by atomic mass is 10.1. The van der Waals surface area contributed by atoms with Crippen LogP contribution in [0.4, 0.5) is 0 Å². The highest BCUT2D eigenvalue weighted by atomic mass is 32.1. The first kappa shape index (κ1) is 15.7. The molecule has 2 aromatic carbocycles. The number of hydrogen-bond acceptors (Lipinski definition) is 5. The van der Waals surface area contributed by atoms with Crippen molar-refractivity contribution in [1.29, 1.82) is 0 Å². The average molecular weight is 348 g/mol. The average Bonchev–Trinajstić information content (AvgIpc) is 3.07. The predicted molar refractivity (Wildman–Crippen MR) is 99.5 cm³/mol. The number of benzene rings is 2. The molecule has 5 heteroatoms. The van der Waals surface area contributed by atoms with Crippen molar-refractivity contribution in [1.82, 2.24) is 9.97 Å². The van der Waals surface area contributed by atoms with E-state index in [9.17, 15) is 4.79 Å². The lowest BCUT2D eigenvalue weighted by molar-refractivity contribution is -0.144. The molecule has 0 radical (unpaired) electrons. The molecule has 0 bridgehead atoms. The van der Waals surface area contributed by atoms with E-state index in [0.717, 1.165) is 31.8 Å². The van der Waals surface area contributed by atoms with E-state index in [1.807, 2.05) is 60.7 Å². The summed E-state index contributed by atoms with van der Waals surface area (Å²) in [6.07, 6.45) is 0.889. The fourth-order valence-corrected chi connectivity index (χ4v) is 3.55. The van der Waals surface area contributed by atoms with Gasteiger partial charge in [0.1, 0.15) is 11.6 Å². The summed E-state index contributed by atoms with van der Waals surface area (Å²) in [5, 5.41) is 1.92. The predicted octanol–water partition coefficient (Wildman–Crippen LogP) is 4.52. The number of pyridine rings is 1. The zero-order valence-electron chi connectivity index (χ0n) is 13.5. The number of rotatable bonds is 5. The maximum Gasteiger partial charge on any atom is 0.306 e. The molecule has 0 atom stereocenters. The standard InChI is InChI=1S/C20H16N2O2S/c23-20(24-13-19-22-17-7-3-4-8-18(17)25-19)12-11-15-10-9-14-5-1-2-6-16(14)21-15/h1-10H,11-13H2. The van der Waals surface area contributed by atoms with Gasteiger partial charge in [0.25, 0.3) is 0 Å². The zero-order chi connectivity index (χ0) is 17.1. The van der Waals surface area contributed by atoms with E-state index in [1.165, 1.54) is 0 Å². The van der Waals surface area contributed by atoms with E-state index in [-0.39, 0.29) is 12.6 Å². The van der Waals surface area contributed by atoms with Crippen molar-refractivity contribution in [2.75, 3.05) is 0 Å². The van der Waals surface area contributed by atoms with Crippen LogP contribution in [0.2, 0.25) is 0 Å². The Hall–Kier alpha value is -2.79. The van der Waals surface area contributed by atoms with E-state index in [2.05, 4.69) is 9.97 Å². The number of carbonyl (C=O) groups is 1. The second-order valence-corrected chi connectivity index (χ2v) is 6.85. The summed E-state index contributed by atoms with van der Waals surface area (Å²) in [6.45, 7) is 0.226. The van der Waals surface area contributed by atoms with Crippen LogP contribution in [0.1, 0.15) is 17.1 Å². The van der Waals surface area contributed by atoms with Crippen LogP contribution in [0, 0.1) is 0 Å². The van der Waals surface area contributed by atoms with Gasteiger partial charge in [-0.3, -0.25) is 9.78 Å². The Morgan fingerprint density at radius 3 is 2.60 bits per heavy atom. The molecule has 0 saturated carbocycles. The lowest BCUT2D eigenvalue weighted by Crippen LogP contribution is -2.06. The molecule has 25 heavy (non-hydrogen) atoms. The van der Waals surface area contributed by atoms with Gasteiger partial charge in [0.05, 0.1) is 22.2 Å². The molecule has 0 aliphatic rings. The highest BCUT2D eigenvalue weighted by molar-refractivity contribution is 7.18. The number of fused-ring (bicyclic) bond motifs is 2. The number of ether oxygens (including phenoxy) is 1. The highest BCUT2D eigenvalue weighted by Gasteiger charge is 2.08. The third-order valence-electron chi connectivity index (χ3n) is 3.94. The van der Waals surface area contributed by atoms with Crippen LogP contribution >= 0.6 is 11.3 Å². The molecule has 0 aliphatic heterocycles. The molecule has 4 nitrogen and oxygen atoms in total. The summed E-state index contributed by atoms with van der Waals surface area (Å²) >= 11 is 1.55. The minimum absolute atomic E-state index is 0.226. The fraction of sp³-hybridized carbons (Fsp3) is 0.150. The van der Waals surface area contributed by atoms with E-state index < -0.39 is 0 Å². The molecule has 2 heterocycles. The van der Waals surface area contributed by atoms with Gasteiger partial charge in [-0.15, -0.1) is 11.3 Å². The van der Waals surface area contributed by atoms with Gasteiger partial charge in [-0.2, -0.15) is 0 Å². The molecule has 0 saturated heterocycles. The number of hydrogen-bond donors (Lipinski definition) is 0. The van der Waals surface area contributed by atoms with Crippen molar-refractivity contribution in [3.63, 3.8) is 0 Å². The van der Waals surface area contributed by atoms with Crippen LogP contribution in [-0.2, 0) is 22.6 Å². The van der Waals surface area contributed by atoms with Crippen molar-refractivity contribution in [3.8, 4) is 0 Å². The summed E-state index contributed by atoms with van der Waals surface area (Å²) in [6, 6.07) is 19.9. The van der Waals surface area contributed by atoms with Crippen molar-refractivity contribution >= 4 is 38.4 Å². The normalized spacial score (nSPS) is 11.0. The minimum Gasteiger partial charge on any atom is -0.458 e. The second-order valence-electron chi connectivity index (χ2n) is 5.73. The van der Waals surface area contributed by atoms with Crippen molar-refractivity contribution in [3.05, 3.63) is 71.4 Å². The highest BCUT2D eigenvalue weighted by Crippen LogP contribution is 2.22. The van der Waals surface area contributed by atoms with E-state index in [1.54, 1.807) is 11.3 Å². The first-order valence-electron chi connectivity index (χ1n) is 8.13. The van der Waals surface area contributed by atoms with Gasteiger partial charge < -0.3 is 4.74 Å². The number of thiazole rings is 1. The Morgan fingerprint density at radius 2 is 1.72 bits per heavy atom. The monoisotopic (exact) mass is 348 g/mol. The maximum atomic E-state index is 12.0. The Kier molecular flexibility index (Phi) is 4.39. The fourth-order valence-electron chi connectivity index (χ4n) is 2.67. The quantitative estimate of drug-likeness (QED) is 0.498. The van der Waals surface area contributed by atoms with Gasteiger partial charge >= 0.3 is 5.97 Å². The molecule has 4 rings (SSSR count). The van der Waals surface area contributed by atoms with Gasteiger partial charge in [-0.25, -0.2) is 4.98 Å². The van der Waals surface area contributed by atoms with Crippen LogP contribution < -0.4 is 0 Å². The van der Waals surface area contributed by atoms with E-state index in [4.69, 9.17) is 4.74 Å². The molecule has 0 unspecified atom stereocenters. The van der Waals surface area contributed by atoms with Crippen molar-refractivity contribution in [2.45, 2.75) is 19.4 Å². The molecule has 124 valence electrons. The Bertz CT molecular complexity index is 1010. The molecular weight excluding hydrogens is 332 g/mol. The van der Waals surface area contributed by atoms with E-state index in [0.29, 0.717) is 12.8 Å². The Labute approximate surface area is 149 Å². The maximum absolute atomic E-state index is 12.0. The summed E-state index contributed by atoms with van der Waals surface area (Å²) in [5.41, 5.74) is 2.79. The number of carbonyl (C=O) groups excluding carboxylic acids is 1. The first-order valence-corrected chi connectivity index (χ1v) is 8.94. The lowest BCUT2D eigenvalue weighted by Gasteiger charge is -2.04. The third kappa shape index (κ3) is 3.67. The molecule has 0 fully saturated rings. The third-order valence-corrected chi connectivity index (χ3v) is 4.95. The molecule has 0 N–H and O–H groups in total. The van der Waals surface area contributed by atoms with Gasteiger partial charge in [0.2, 0.25) is 0 Å². The molecule has 0 spiro atoms. The summed E-state index contributed by atoms with van der Waals surface area (Å²) in [7, 11) is 0. The molecule has 2 aromatic heterocycles. The van der Waals surface area contributed by atoms with Crippen LogP contribution in [0.15, 0.2) is 60.7 Å². The Balaban J connectivity index is 1.33. The zero-order valence-corrected chi connectivity index (χ0v) is 14.3. The summed E-state index contributed by atoms with van der Waals surface area (Å²) in [4.78, 5) is 21.0. The summed E-state index contributed by atoms with van der Waals surface area (Å²) in [5.74, 6) is -0.228. The van der Waals surface area contributed by atoms with Crippen LogP contribution in [-0.4, -0.2) is 15.9 Å². The smallest absolute Gasteiger partial charge is 0.306 e. The largest absolute Gasteiger partial charge is 0.458 e. The minimum atomic E-state index is -0.228. The first-order chi connectivity index (χ1) is 12.3. The van der Waals surface area contributed by atoms with Crippen LogP contribution in [0.3, 0.4) is 0 Å². The Morgan fingerprint density at radius 1 is 0.920 bits per heavy atom. The summed E-state index contributed by atoms with van der Waals surface area (Å²) < 4.78 is 6.45. The van der Waals surface area contributed by atoms with Gasteiger partial charge in [-0.1, -0.05) is 36.4 Å². The topological polar surface area (TPSA) is 52.1 Å². The number of esters is 1. The molecule has 0 aliphatic carbocycles. The van der Waals surface area contributed by atoms with E-state index >= 15 is 0 Å². The number of aromatic nitrogens is 2. The van der Waals surface area contributed by atoms with Crippen molar-refractivity contribution in [2.24, 2.45) is 0 Å². The molecule has 0 amide bonds. The number of para-hydroxylation sites is 2. The van der Waals surface area contributed by atoms with Crippen LogP contribution in [0.5, 0.6) is 0 Å². The van der Waals surface area contributed by atoms with Gasteiger partial charge in [-0.05, 0) is 24.3 Å². The SMILES string of the molecule is O=C(CCc1ccc2ccccc2n1)OCc1nc2ccccc2s1. The van der Waals surface area contributed by atoms with Gasteiger partial charge in [0.15, 0.2) is 0 Å².